The SMILES string of the molecule is CC(C)N(C)C(=O)Cn1cccc1CN. The van der Waals surface area contributed by atoms with Gasteiger partial charge < -0.3 is 15.2 Å². The fourth-order valence-corrected chi connectivity index (χ4v) is 1.33. The van der Waals surface area contributed by atoms with Crippen LogP contribution in [-0.2, 0) is 17.9 Å². The first-order valence-corrected chi connectivity index (χ1v) is 5.16. The predicted molar refractivity (Wildman–Crippen MR) is 60.2 cm³/mol. The molecule has 15 heavy (non-hydrogen) atoms. The summed E-state index contributed by atoms with van der Waals surface area (Å²) in [4.78, 5) is 13.5. The van der Waals surface area contributed by atoms with Crippen LogP contribution in [0.1, 0.15) is 19.5 Å². The molecule has 1 amide bonds. The normalized spacial score (nSPS) is 10.7. The maximum Gasteiger partial charge on any atom is 0.242 e. The number of amides is 1. The molecule has 0 unspecified atom stereocenters. The van der Waals surface area contributed by atoms with E-state index in [0.29, 0.717) is 13.1 Å². The minimum absolute atomic E-state index is 0.107. The Bertz CT molecular complexity index is 330. The van der Waals surface area contributed by atoms with E-state index in [0.717, 1.165) is 5.69 Å². The zero-order valence-corrected chi connectivity index (χ0v) is 9.60. The van der Waals surface area contributed by atoms with Crippen molar-refractivity contribution >= 4 is 5.91 Å². The first-order chi connectivity index (χ1) is 7.06. The Balaban J connectivity index is 2.66. The molecule has 0 atom stereocenters. The second kappa shape index (κ2) is 4.98. The van der Waals surface area contributed by atoms with E-state index in [4.69, 9.17) is 5.73 Å². The molecule has 0 fully saturated rings. The Labute approximate surface area is 90.7 Å². The first-order valence-electron chi connectivity index (χ1n) is 5.16. The molecule has 0 saturated heterocycles. The van der Waals surface area contributed by atoms with Gasteiger partial charge in [0.2, 0.25) is 5.91 Å². The third-order valence-corrected chi connectivity index (χ3v) is 2.61. The van der Waals surface area contributed by atoms with Crippen LogP contribution in [0.3, 0.4) is 0 Å². The van der Waals surface area contributed by atoms with Gasteiger partial charge in [0, 0.05) is 31.5 Å². The van der Waals surface area contributed by atoms with Crippen molar-refractivity contribution in [2.75, 3.05) is 7.05 Å². The van der Waals surface area contributed by atoms with Gasteiger partial charge in [0.15, 0.2) is 0 Å². The summed E-state index contributed by atoms with van der Waals surface area (Å²) in [6.07, 6.45) is 1.88. The standard InChI is InChI=1S/C11H19N3O/c1-9(2)13(3)11(15)8-14-6-4-5-10(14)7-12/h4-6,9H,7-8,12H2,1-3H3. The van der Waals surface area contributed by atoms with E-state index >= 15 is 0 Å². The van der Waals surface area contributed by atoms with Crippen LogP contribution in [-0.4, -0.2) is 28.5 Å². The predicted octanol–water partition coefficient (Wildman–Crippen LogP) is 0.814. The van der Waals surface area contributed by atoms with Crippen molar-refractivity contribution in [3.8, 4) is 0 Å². The molecule has 0 spiro atoms. The number of aromatic nitrogens is 1. The Hall–Kier alpha value is -1.29. The summed E-state index contributed by atoms with van der Waals surface area (Å²) in [6.45, 7) is 4.83. The summed E-state index contributed by atoms with van der Waals surface area (Å²) in [6, 6.07) is 4.07. The summed E-state index contributed by atoms with van der Waals surface area (Å²) in [5.74, 6) is 0.107. The maximum absolute atomic E-state index is 11.8. The van der Waals surface area contributed by atoms with Gasteiger partial charge in [0.25, 0.3) is 0 Å². The highest BCUT2D eigenvalue weighted by Crippen LogP contribution is 2.03. The van der Waals surface area contributed by atoms with E-state index in [1.54, 1.807) is 4.90 Å². The third-order valence-electron chi connectivity index (χ3n) is 2.61. The minimum Gasteiger partial charge on any atom is -0.342 e. The summed E-state index contributed by atoms with van der Waals surface area (Å²) in [7, 11) is 1.82. The Morgan fingerprint density at radius 1 is 1.60 bits per heavy atom. The van der Waals surface area contributed by atoms with Gasteiger partial charge in [-0.15, -0.1) is 0 Å². The quantitative estimate of drug-likeness (QED) is 0.798. The summed E-state index contributed by atoms with van der Waals surface area (Å²) in [5, 5.41) is 0. The van der Waals surface area contributed by atoms with Crippen molar-refractivity contribution in [3.63, 3.8) is 0 Å². The van der Waals surface area contributed by atoms with E-state index < -0.39 is 0 Å². The molecule has 0 radical (unpaired) electrons. The fourth-order valence-electron chi connectivity index (χ4n) is 1.33. The van der Waals surface area contributed by atoms with Gasteiger partial charge in [-0.25, -0.2) is 0 Å². The van der Waals surface area contributed by atoms with Crippen LogP contribution in [0, 0.1) is 0 Å². The number of carbonyl (C=O) groups excluding carboxylic acids is 1. The maximum atomic E-state index is 11.8. The van der Waals surface area contributed by atoms with E-state index in [2.05, 4.69) is 0 Å². The van der Waals surface area contributed by atoms with Crippen molar-refractivity contribution in [1.29, 1.82) is 0 Å². The molecule has 84 valence electrons. The number of hydrogen-bond acceptors (Lipinski definition) is 2. The molecule has 0 aromatic carbocycles. The zero-order chi connectivity index (χ0) is 11.4. The molecule has 4 nitrogen and oxygen atoms in total. The Kier molecular flexibility index (Phi) is 3.91. The second-order valence-electron chi connectivity index (χ2n) is 3.93. The van der Waals surface area contributed by atoms with E-state index in [1.807, 2.05) is 43.8 Å². The van der Waals surface area contributed by atoms with Crippen molar-refractivity contribution in [2.24, 2.45) is 5.73 Å². The average molecular weight is 209 g/mol. The lowest BCUT2D eigenvalue weighted by Gasteiger charge is -2.22. The van der Waals surface area contributed by atoms with Gasteiger partial charge in [0.05, 0.1) is 0 Å². The summed E-state index contributed by atoms with van der Waals surface area (Å²) < 4.78 is 1.89. The molecule has 1 heterocycles. The highest BCUT2D eigenvalue weighted by atomic mass is 16.2. The highest BCUT2D eigenvalue weighted by molar-refractivity contribution is 5.76. The van der Waals surface area contributed by atoms with Crippen LogP contribution in [0.4, 0.5) is 0 Å². The highest BCUT2D eigenvalue weighted by Gasteiger charge is 2.12. The molecule has 0 saturated carbocycles. The Morgan fingerprint density at radius 3 is 2.80 bits per heavy atom. The molecule has 1 rings (SSSR count). The first kappa shape index (κ1) is 11.8. The molecule has 0 aliphatic rings. The number of rotatable bonds is 4. The van der Waals surface area contributed by atoms with Gasteiger partial charge in [-0.3, -0.25) is 4.79 Å². The van der Waals surface area contributed by atoms with Crippen molar-refractivity contribution in [1.82, 2.24) is 9.47 Å². The molecule has 4 heteroatoms. The van der Waals surface area contributed by atoms with Crippen molar-refractivity contribution < 1.29 is 4.79 Å². The van der Waals surface area contributed by atoms with E-state index in [-0.39, 0.29) is 11.9 Å². The lowest BCUT2D eigenvalue weighted by molar-refractivity contribution is -0.132. The molecule has 2 N–H and O–H groups in total. The fraction of sp³-hybridized carbons (Fsp3) is 0.545. The lowest BCUT2D eigenvalue weighted by Crippen LogP contribution is -2.35. The van der Waals surface area contributed by atoms with Crippen LogP contribution in [0.5, 0.6) is 0 Å². The van der Waals surface area contributed by atoms with Gasteiger partial charge in [0.1, 0.15) is 6.54 Å². The van der Waals surface area contributed by atoms with E-state index in [9.17, 15) is 4.79 Å². The lowest BCUT2D eigenvalue weighted by atomic mass is 10.3. The molecule has 0 bridgehead atoms. The average Bonchev–Trinajstić information content (AvgIpc) is 2.63. The summed E-state index contributed by atoms with van der Waals surface area (Å²) >= 11 is 0. The third kappa shape index (κ3) is 2.83. The molecule has 0 aliphatic carbocycles. The molecule has 0 aliphatic heterocycles. The molecule has 1 aromatic heterocycles. The minimum atomic E-state index is 0.107. The van der Waals surface area contributed by atoms with Crippen molar-refractivity contribution in [2.45, 2.75) is 33.0 Å². The topological polar surface area (TPSA) is 51.3 Å². The van der Waals surface area contributed by atoms with Gasteiger partial charge in [-0.1, -0.05) is 0 Å². The van der Waals surface area contributed by atoms with Gasteiger partial charge >= 0.3 is 0 Å². The largest absolute Gasteiger partial charge is 0.342 e. The molecular weight excluding hydrogens is 190 g/mol. The number of likely N-dealkylation sites (N-methyl/N-ethyl adjacent to an activating group) is 1. The number of nitrogens with two attached hydrogens (primary N) is 1. The van der Waals surface area contributed by atoms with Crippen LogP contribution in [0.2, 0.25) is 0 Å². The van der Waals surface area contributed by atoms with Crippen LogP contribution in [0.25, 0.3) is 0 Å². The van der Waals surface area contributed by atoms with Crippen LogP contribution >= 0.6 is 0 Å². The second-order valence-corrected chi connectivity index (χ2v) is 3.93. The monoisotopic (exact) mass is 209 g/mol. The van der Waals surface area contributed by atoms with Gasteiger partial charge in [-0.05, 0) is 26.0 Å². The molecule has 1 aromatic rings. The van der Waals surface area contributed by atoms with Crippen molar-refractivity contribution in [3.05, 3.63) is 24.0 Å². The van der Waals surface area contributed by atoms with Gasteiger partial charge in [-0.2, -0.15) is 0 Å². The summed E-state index contributed by atoms with van der Waals surface area (Å²) in [5.41, 5.74) is 6.55. The van der Waals surface area contributed by atoms with Crippen LogP contribution < -0.4 is 5.73 Å². The smallest absolute Gasteiger partial charge is 0.242 e. The van der Waals surface area contributed by atoms with E-state index in [1.165, 1.54) is 0 Å². The number of nitrogens with zero attached hydrogens (tertiary/aromatic N) is 2. The van der Waals surface area contributed by atoms with Crippen LogP contribution in [0.15, 0.2) is 18.3 Å². The molecular formula is C11H19N3O. The zero-order valence-electron chi connectivity index (χ0n) is 9.60. The Morgan fingerprint density at radius 2 is 2.27 bits per heavy atom. The number of hydrogen-bond donors (Lipinski definition) is 1. The number of carbonyl (C=O) groups is 1.